The van der Waals surface area contributed by atoms with Gasteiger partial charge < -0.3 is 15.4 Å². The van der Waals surface area contributed by atoms with Gasteiger partial charge in [-0.25, -0.2) is 0 Å². The van der Waals surface area contributed by atoms with Crippen LogP contribution in [0.5, 0.6) is 0 Å². The van der Waals surface area contributed by atoms with Crippen LogP contribution in [0.15, 0.2) is 6.20 Å². The van der Waals surface area contributed by atoms with Crippen molar-refractivity contribution in [1.29, 1.82) is 0 Å². The number of hydrogen-bond donors (Lipinski definition) is 3. The highest BCUT2D eigenvalue weighted by Gasteiger charge is 2.27. The van der Waals surface area contributed by atoms with Gasteiger partial charge in [0.15, 0.2) is 0 Å². The molecular formula is C12H18N4O2. The molecule has 3 rings (SSSR count). The Morgan fingerprint density at radius 1 is 1.56 bits per heavy atom. The monoisotopic (exact) mass is 250 g/mol. The van der Waals surface area contributed by atoms with Crippen LogP contribution in [0.3, 0.4) is 0 Å². The first-order valence-corrected chi connectivity index (χ1v) is 6.48. The number of nitrogens with zero attached hydrogens (tertiary/aromatic N) is 1. The first-order valence-electron chi connectivity index (χ1n) is 6.48. The summed E-state index contributed by atoms with van der Waals surface area (Å²) in [4.78, 5) is 12.1. The number of aromatic amines is 1. The van der Waals surface area contributed by atoms with Gasteiger partial charge in [-0.2, -0.15) is 5.10 Å². The van der Waals surface area contributed by atoms with Crippen LogP contribution in [0.1, 0.15) is 30.1 Å². The maximum atomic E-state index is 12.1. The number of morpholine rings is 1. The molecule has 1 fully saturated rings. The first kappa shape index (κ1) is 11.7. The summed E-state index contributed by atoms with van der Waals surface area (Å²) in [7, 11) is 0. The van der Waals surface area contributed by atoms with Crippen molar-refractivity contribution in [3.63, 3.8) is 0 Å². The number of rotatable bonds is 2. The van der Waals surface area contributed by atoms with E-state index in [9.17, 15) is 4.79 Å². The van der Waals surface area contributed by atoms with Gasteiger partial charge in [-0.05, 0) is 24.8 Å². The summed E-state index contributed by atoms with van der Waals surface area (Å²) < 4.78 is 5.30. The third kappa shape index (κ3) is 2.26. The number of nitrogens with one attached hydrogen (secondary N) is 3. The predicted octanol–water partition coefficient (Wildman–Crippen LogP) is -0.108. The molecule has 1 aliphatic heterocycles. The quantitative estimate of drug-likeness (QED) is 0.684. The first-order chi connectivity index (χ1) is 8.84. The van der Waals surface area contributed by atoms with Gasteiger partial charge in [-0.3, -0.25) is 9.89 Å². The lowest BCUT2D eigenvalue weighted by atomic mass is 9.93. The normalized spacial score (nSPS) is 27.6. The number of ether oxygens (including phenoxy) is 1. The van der Waals surface area contributed by atoms with Gasteiger partial charge in [0, 0.05) is 6.54 Å². The summed E-state index contributed by atoms with van der Waals surface area (Å²) in [5.41, 5.74) is 2.28. The van der Waals surface area contributed by atoms with E-state index in [1.807, 2.05) is 6.20 Å². The highest BCUT2D eigenvalue weighted by Crippen LogP contribution is 2.27. The van der Waals surface area contributed by atoms with E-state index in [2.05, 4.69) is 20.8 Å². The van der Waals surface area contributed by atoms with Crippen molar-refractivity contribution >= 4 is 5.91 Å². The van der Waals surface area contributed by atoms with Gasteiger partial charge in [0.05, 0.1) is 31.1 Å². The standard InChI is InChI=1S/C12H18N4O2/c17-12(10-7-18-5-4-13-10)15-9-3-1-2-8-6-14-16-11(8)9/h6,9-10,13H,1-5,7H2,(H,14,16)(H,15,17). The number of amides is 1. The minimum Gasteiger partial charge on any atom is -0.378 e. The molecule has 0 saturated carbocycles. The van der Waals surface area contributed by atoms with Crippen molar-refractivity contribution < 1.29 is 9.53 Å². The second kappa shape index (κ2) is 5.07. The molecule has 1 saturated heterocycles. The lowest BCUT2D eigenvalue weighted by Gasteiger charge is -2.27. The van der Waals surface area contributed by atoms with Crippen LogP contribution in [-0.2, 0) is 16.0 Å². The second-order valence-corrected chi connectivity index (χ2v) is 4.84. The van der Waals surface area contributed by atoms with E-state index in [1.165, 1.54) is 5.56 Å². The summed E-state index contributed by atoms with van der Waals surface area (Å²) in [6.45, 7) is 1.87. The van der Waals surface area contributed by atoms with Crippen molar-refractivity contribution in [2.24, 2.45) is 0 Å². The number of fused-ring (bicyclic) bond motifs is 1. The molecule has 2 aliphatic rings. The van der Waals surface area contributed by atoms with E-state index in [0.717, 1.165) is 31.5 Å². The molecule has 0 radical (unpaired) electrons. The zero-order valence-corrected chi connectivity index (χ0v) is 10.2. The van der Waals surface area contributed by atoms with Gasteiger partial charge in [-0.1, -0.05) is 0 Å². The fourth-order valence-electron chi connectivity index (χ4n) is 2.61. The lowest BCUT2D eigenvalue weighted by molar-refractivity contribution is -0.126. The van der Waals surface area contributed by atoms with Crippen LogP contribution in [0.4, 0.5) is 0 Å². The van der Waals surface area contributed by atoms with E-state index >= 15 is 0 Å². The lowest BCUT2D eigenvalue weighted by Crippen LogP contribution is -2.52. The summed E-state index contributed by atoms with van der Waals surface area (Å²) >= 11 is 0. The maximum Gasteiger partial charge on any atom is 0.240 e. The topological polar surface area (TPSA) is 79.0 Å². The Labute approximate surface area is 105 Å². The summed E-state index contributed by atoms with van der Waals surface area (Å²) in [6, 6.07) is -0.167. The Morgan fingerprint density at radius 3 is 3.33 bits per heavy atom. The van der Waals surface area contributed by atoms with Crippen LogP contribution in [-0.4, -0.2) is 41.9 Å². The molecule has 2 atom stereocenters. The Hall–Kier alpha value is -1.40. The van der Waals surface area contributed by atoms with Gasteiger partial charge in [0.25, 0.3) is 0 Å². The average molecular weight is 250 g/mol. The van der Waals surface area contributed by atoms with E-state index in [-0.39, 0.29) is 18.0 Å². The number of carbonyl (C=O) groups excluding carboxylic acids is 1. The molecule has 18 heavy (non-hydrogen) atoms. The Balaban J connectivity index is 1.65. The molecule has 0 bridgehead atoms. The molecule has 98 valence electrons. The predicted molar refractivity (Wildman–Crippen MR) is 65.0 cm³/mol. The van der Waals surface area contributed by atoms with Crippen LogP contribution in [0.25, 0.3) is 0 Å². The number of H-pyrrole nitrogens is 1. The molecule has 2 unspecified atom stereocenters. The molecule has 1 aromatic heterocycles. The van der Waals surface area contributed by atoms with Crippen molar-refractivity contribution in [3.05, 3.63) is 17.5 Å². The highest BCUT2D eigenvalue weighted by atomic mass is 16.5. The van der Waals surface area contributed by atoms with Crippen LogP contribution in [0.2, 0.25) is 0 Å². The van der Waals surface area contributed by atoms with Gasteiger partial charge >= 0.3 is 0 Å². The number of carbonyl (C=O) groups is 1. The van der Waals surface area contributed by atoms with Gasteiger partial charge in [0.2, 0.25) is 5.91 Å². The third-order valence-electron chi connectivity index (χ3n) is 3.59. The molecule has 1 amide bonds. The fraction of sp³-hybridized carbons (Fsp3) is 0.667. The number of aryl methyl sites for hydroxylation is 1. The number of hydrogen-bond acceptors (Lipinski definition) is 4. The Morgan fingerprint density at radius 2 is 2.50 bits per heavy atom. The fourth-order valence-corrected chi connectivity index (χ4v) is 2.61. The van der Waals surface area contributed by atoms with Crippen LogP contribution >= 0.6 is 0 Å². The summed E-state index contributed by atoms with van der Waals surface area (Å²) in [5, 5.41) is 13.3. The minimum absolute atomic E-state index is 0.0159. The van der Waals surface area contributed by atoms with E-state index in [0.29, 0.717) is 13.2 Å². The van der Waals surface area contributed by atoms with Crippen molar-refractivity contribution in [2.45, 2.75) is 31.3 Å². The minimum atomic E-state index is -0.230. The number of aromatic nitrogens is 2. The van der Waals surface area contributed by atoms with E-state index < -0.39 is 0 Å². The van der Waals surface area contributed by atoms with E-state index in [1.54, 1.807) is 0 Å². The molecule has 0 aromatic carbocycles. The second-order valence-electron chi connectivity index (χ2n) is 4.84. The molecule has 2 heterocycles. The van der Waals surface area contributed by atoms with E-state index in [4.69, 9.17) is 4.74 Å². The van der Waals surface area contributed by atoms with Crippen LogP contribution in [0, 0.1) is 0 Å². The molecule has 1 aliphatic carbocycles. The average Bonchev–Trinajstić information content (AvgIpc) is 2.89. The highest BCUT2D eigenvalue weighted by molar-refractivity contribution is 5.82. The molecular weight excluding hydrogens is 232 g/mol. The summed E-state index contributed by atoms with van der Waals surface area (Å²) in [5.74, 6) is 0.0159. The Kier molecular flexibility index (Phi) is 3.29. The van der Waals surface area contributed by atoms with Crippen molar-refractivity contribution in [3.8, 4) is 0 Å². The Bertz CT molecular complexity index is 425. The largest absolute Gasteiger partial charge is 0.378 e. The SMILES string of the molecule is O=C(NC1CCCc2cn[nH]c21)C1COCCN1. The zero-order chi connectivity index (χ0) is 12.4. The summed E-state index contributed by atoms with van der Waals surface area (Å²) in [6.07, 6.45) is 4.96. The van der Waals surface area contributed by atoms with Crippen molar-refractivity contribution in [2.75, 3.05) is 19.8 Å². The molecule has 1 aromatic rings. The molecule has 6 heteroatoms. The molecule has 3 N–H and O–H groups in total. The maximum absolute atomic E-state index is 12.1. The van der Waals surface area contributed by atoms with Gasteiger partial charge in [0.1, 0.15) is 6.04 Å². The molecule has 0 spiro atoms. The zero-order valence-electron chi connectivity index (χ0n) is 10.2. The van der Waals surface area contributed by atoms with Crippen molar-refractivity contribution in [1.82, 2.24) is 20.8 Å². The third-order valence-corrected chi connectivity index (χ3v) is 3.59. The van der Waals surface area contributed by atoms with Gasteiger partial charge in [-0.15, -0.1) is 0 Å². The smallest absolute Gasteiger partial charge is 0.240 e. The van der Waals surface area contributed by atoms with Crippen LogP contribution < -0.4 is 10.6 Å². The molecule has 6 nitrogen and oxygen atoms in total.